The van der Waals surface area contributed by atoms with Gasteiger partial charge in [0.05, 0.1) is 0 Å². The van der Waals surface area contributed by atoms with Gasteiger partial charge in [0.1, 0.15) is 5.75 Å². The van der Waals surface area contributed by atoms with Crippen LogP contribution in [0.25, 0.3) is 0 Å². The Labute approximate surface area is 68.0 Å². The van der Waals surface area contributed by atoms with Gasteiger partial charge in [-0.05, 0) is 12.1 Å². The maximum atomic E-state index is 10.2. The van der Waals surface area contributed by atoms with Crippen LogP contribution in [-0.2, 0) is 0 Å². The third-order valence-electron chi connectivity index (χ3n) is 1.15. The van der Waals surface area contributed by atoms with Gasteiger partial charge in [0.15, 0.2) is 11.5 Å². The van der Waals surface area contributed by atoms with Crippen molar-refractivity contribution in [2.24, 2.45) is 5.73 Å². The van der Waals surface area contributed by atoms with E-state index in [4.69, 9.17) is 10.2 Å². The highest BCUT2D eigenvalue weighted by Gasteiger charge is 2.05. The van der Waals surface area contributed by atoms with Crippen molar-refractivity contribution in [2.45, 2.75) is 0 Å². The van der Waals surface area contributed by atoms with Crippen molar-refractivity contribution in [3.63, 3.8) is 0 Å². The van der Waals surface area contributed by atoms with E-state index < -0.39 is 6.09 Å². The number of phenolic OH excluding ortho intramolecular Hbond substituents is 2. The Bertz CT molecular complexity index is 310. The van der Waals surface area contributed by atoms with Gasteiger partial charge in [-0.3, -0.25) is 0 Å². The van der Waals surface area contributed by atoms with Gasteiger partial charge in [-0.25, -0.2) is 4.79 Å². The Balaban J connectivity index is 2.97. The molecule has 0 aliphatic heterocycles. The van der Waals surface area contributed by atoms with E-state index >= 15 is 0 Å². The highest BCUT2D eigenvalue weighted by Crippen LogP contribution is 2.29. The van der Waals surface area contributed by atoms with Gasteiger partial charge >= 0.3 is 6.09 Å². The number of benzene rings is 1. The zero-order valence-corrected chi connectivity index (χ0v) is 6.02. The summed E-state index contributed by atoms with van der Waals surface area (Å²) in [5.74, 6) is -0.543. The Hall–Kier alpha value is -1.91. The van der Waals surface area contributed by atoms with Gasteiger partial charge in [-0.1, -0.05) is 0 Å². The first-order valence-electron chi connectivity index (χ1n) is 3.09. The van der Waals surface area contributed by atoms with Crippen molar-refractivity contribution in [1.82, 2.24) is 0 Å². The van der Waals surface area contributed by atoms with Crippen molar-refractivity contribution in [1.29, 1.82) is 0 Å². The van der Waals surface area contributed by atoms with E-state index in [0.717, 1.165) is 6.07 Å². The Morgan fingerprint density at radius 1 is 1.42 bits per heavy atom. The van der Waals surface area contributed by atoms with Gasteiger partial charge in [0, 0.05) is 6.07 Å². The van der Waals surface area contributed by atoms with Crippen LogP contribution in [0.4, 0.5) is 4.79 Å². The topological polar surface area (TPSA) is 92.8 Å². The summed E-state index contributed by atoms with van der Waals surface area (Å²) >= 11 is 0. The quantitative estimate of drug-likeness (QED) is 0.535. The molecule has 0 atom stereocenters. The fourth-order valence-corrected chi connectivity index (χ4v) is 0.693. The highest BCUT2D eigenvalue weighted by atomic mass is 16.6. The number of carbonyl (C=O) groups is 1. The minimum absolute atomic E-state index is 0.121. The molecule has 4 N–H and O–H groups in total. The molecule has 1 aromatic rings. The summed E-state index contributed by atoms with van der Waals surface area (Å²) in [5, 5.41) is 17.9. The van der Waals surface area contributed by atoms with Gasteiger partial charge in [0.2, 0.25) is 0 Å². The lowest BCUT2D eigenvalue weighted by atomic mass is 10.3. The molecular formula is C7H7NO4. The average molecular weight is 169 g/mol. The molecule has 12 heavy (non-hydrogen) atoms. The summed E-state index contributed by atoms with van der Waals surface area (Å²) in [6, 6.07) is 3.52. The van der Waals surface area contributed by atoms with Gasteiger partial charge in [-0.15, -0.1) is 0 Å². The van der Waals surface area contributed by atoms with E-state index in [1.165, 1.54) is 12.1 Å². The number of phenols is 2. The molecule has 0 spiro atoms. The number of ether oxygens (including phenoxy) is 1. The van der Waals surface area contributed by atoms with Crippen LogP contribution in [0.3, 0.4) is 0 Å². The second kappa shape index (κ2) is 3.00. The lowest BCUT2D eigenvalue weighted by Gasteiger charge is -2.02. The Kier molecular flexibility index (Phi) is 2.05. The van der Waals surface area contributed by atoms with Crippen molar-refractivity contribution >= 4 is 6.09 Å². The maximum Gasteiger partial charge on any atom is 0.410 e. The fourth-order valence-electron chi connectivity index (χ4n) is 0.693. The third-order valence-corrected chi connectivity index (χ3v) is 1.15. The van der Waals surface area contributed by atoms with Crippen molar-refractivity contribution < 1.29 is 19.7 Å². The summed E-state index contributed by atoms with van der Waals surface area (Å²) in [5.41, 5.74) is 4.69. The third kappa shape index (κ3) is 1.79. The SMILES string of the molecule is NC(=O)Oc1cc(O)ccc1O. The lowest BCUT2D eigenvalue weighted by molar-refractivity contribution is 0.209. The molecule has 0 fully saturated rings. The van der Waals surface area contributed by atoms with Gasteiger partial charge < -0.3 is 20.7 Å². The van der Waals surface area contributed by atoms with E-state index in [9.17, 15) is 4.79 Å². The number of hydrogen-bond acceptors (Lipinski definition) is 4. The molecule has 5 heteroatoms. The first-order valence-corrected chi connectivity index (χ1v) is 3.09. The van der Waals surface area contributed by atoms with Crippen LogP contribution in [0.1, 0.15) is 0 Å². The van der Waals surface area contributed by atoms with Crippen LogP contribution in [-0.4, -0.2) is 16.3 Å². The molecule has 0 aliphatic rings. The summed E-state index contributed by atoms with van der Waals surface area (Å²) in [7, 11) is 0. The van der Waals surface area contributed by atoms with Crippen molar-refractivity contribution in [2.75, 3.05) is 0 Å². The monoisotopic (exact) mass is 169 g/mol. The van der Waals surface area contributed by atoms with Crippen molar-refractivity contribution in [3.05, 3.63) is 18.2 Å². The number of amides is 1. The molecule has 1 rings (SSSR count). The van der Waals surface area contributed by atoms with Crippen LogP contribution in [0.2, 0.25) is 0 Å². The van der Waals surface area contributed by atoms with E-state index in [2.05, 4.69) is 10.5 Å². The average Bonchev–Trinajstić information content (AvgIpc) is 1.96. The molecule has 0 radical (unpaired) electrons. The standard InChI is InChI=1S/C7H7NO4/c8-7(11)12-6-3-4(9)1-2-5(6)10/h1-3,9-10H,(H2,8,11). The Morgan fingerprint density at radius 2 is 2.08 bits per heavy atom. The Morgan fingerprint density at radius 3 is 2.67 bits per heavy atom. The van der Waals surface area contributed by atoms with Crippen LogP contribution >= 0.6 is 0 Å². The molecule has 5 nitrogen and oxygen atoms in total. The van der Waals surface area contributed by atoms with Crippen molar-refractivity contribution in [3.8, 4) is 17.2 Å². The van der Waals surface area contributed by atoms with Gasteiger partial charge in [0.25, 0.3) is 0 Å². The fraction of sp³-hybridized carbons (Fsp3) is 0. The van der Waals surface area contributed by atoms with E-state index in [1.807, 2.05) is 0 Å². The number of primary amides is 1. The normalized spacial score (nSPS) is 9.33. The summed E-state index contributed by atoms with van der Waals surface area (Å²) in [6.45, 7) is 0. The summed E-state index contributed by atoms with van der Waals surface area (Å²) < 4.78 is 4.35. The van der Waals surface area contributed by atoms with E-state index in [-0.39, 0.29) is 17.2 Å². The maximum absolute atomic E-state index is 10.2. The number of nitrogens with two attached hydrogens (primary N) is 1. The molecule has 1 amide bonds. The first-order chi connectivity index (χ1) is 5.59. The molecule has 1 aromatic carbocycles. The van der Waals surface area contributed by atoms with Gasteiger partial charge in [-0.2, -0.15) is 0 Å². The number of aromatic hydroxyl groups is 2. The molecule has 0 saturated carbocycles. The minimum Gasteiger partial charge on any atom is -0.508 e. The smallest absolute Gasteiger partial charge is 0.410 e. The molecule has 0 unspecified atom stereocenters. The predicted molar refractivity (Wildman–Crippen MR) is 40.0 cm³/mol. The lowest BCUT2D eigenvalue weighted by Crippen LogP contribution is -2.16. The number of hydrogen-bond donors (Lipinski definition) is 3. The largest absolute Gasteiger partial charge is 0.508 e. The zero-order valence-electron chi connectivity index (χ0n) is 6.02. The summed E-state index contributed by atoms with van der Waals surface area (Å²) in [4.78, 5) is 10.2. The highest BCUT2D eigenvalue weighted by molar-refractivity contribution is 5.69. The van der Waals surface area contributed by atoms with Crippen LogP contribution in [0, 0.1) is 0 Å². The minimum atomic E-state index is -1.05. The van der Waals surface area contributed by atoms with Crippen LogP contribution in [0.5, 0.6) is 17.2 Å². The molecular weight excluding hydrogens is 162 g/mol. The first kappa shape index (κ1) is 8.19. The number of rotatable bonds is 1. The molecule has 0 aromatic heterocycles. The van der Waals surface area contributed by atoms with E-state index in [0.29, 0.717) is 0 Å². The predicted octanol–water partition coefficient (Wildman–Crippen LogP) is 0.555. The molecule has 0 aliphatic carbocycles. The molecule has 0 saturated heterocycles. The zero-order chi connectivity index (χ0) is 9.14. The van der Waals surface area contributed by atoms with Crippen LogP contribution < -0.4 is 10.5 Å². The molecule has 0 heterocycles. The number of carbonyl (C=O) groups excluding carboxylic acids is 1. The second-order valence-corrected chi connectivity index (χ2v) is 2.07. The van der Waals surface area contributed by atoms with E-state index in [1.54, 1.807) is 0 Å². The molecule has 0 bridgehead atoms. The molecule has 64 valence electrons. The summed E-state index contributed by atoms with van der Waals surface area (Å²) in [6.07, 6.45) is -1.05. The van der Waals surface area contributed by atoms with Crippen LogP contribution in [0.15, 0.2) is 18.2 Å². The second-order valence-electron chi connectivity index (χ2n) is 2.07.